The number of thiophene rings is 1. The molecule has 0 radical (unpaired) electrons. The summed E-state index contributed by atoms with van der Waals surface area (Å²) < 4.78 is 2.05. The van der Waals surface area contributed by atoms with Gasteiger partial charge in [-0.2, -0.15) is 5.10 Å². The third-order valence-electron chi connectivity index (χ3n) is 3.36. The van der Waals surface area contributed by atoms with Crippen LogP contribution in [-0.2, 0) is 13.0 Å². The summed E-state index contributed by atoms with van der Waals surface area (Å²) in [5, 5.41) is 7.99. The van der Waals surface area contributed by atoms with E-state index < -0.39 is 0 Å². The van der Waals surface area contributed by atoms with Gasteiger partial charge in [-0.15, -0.1) is 11.3 Å². The van der Waals surface area contributed by atoms with E-state index in [1.807, 2.05) is 10.7 Å². The van der Waals surface area contributed by atoms with E-state index in [1.54, 1.807) is 11.3 Å². The molecule has 0 aliphatic carbocycles. The fourth-order valence-electron chi connectivity index (χ4n) is 2.40. The van der Waals surface area contributed by atoms with Crippen molar-refractivity contribution >= 4 is 22.2 Å². The Bertz CT molecular complexity index is 670. The van der Waals surface area contributed by atoms with Crippen LogP contribution in [0.3, 0.4) is 0 Å². The lowest BCUT2D eigenvalue weighted by Crippen LogP contribution is -2.12. The summed E-state index contributed by atoms with van der Waals surface area (Å²) in [6.07, 6.45) is 0.786. The maximum Gasteiger partial charge on any atom is 0.0722 e. The fourth-order valence-corrected chi connectivity index (χ4v) is 3.13. The second-order valence-electron chi connectivity index (χ2n) is 4.61. The molecule has 0 saturated carbocycles. The van der Waals surface area contributed by atoms with Crippen LogP contribution < -0.4 is 5.73 Å². The van der Waals surface area contributed by atoms with Crippen LogP contribution in [0.2, 0.25) is 0 Å². The van der Waals surface area contributed by atoms with Gasteiger partial charge in [-0.25, -0.2) is 0 Å². The monoisotopic (exact) mass is 271 g/mol. The molecule has 4 heteroatoms. The number of aromatic nitrogens is 2. The largest absolute Gasteiger partial charge is 0.323 e. The Morgan fingerprint density at radius 1 is 1.26 bits per heavy atom. The summed E-state index contributed by atoms with van der Waals surface area (Å²) in [7, 11) is 0. The predicted molar refractivity (Wildman–Crippen MR) is 80.4 cm³/mol. The summed E-state index contributed by atoms with van der Waals surface area (Å²) in [5.74, 6) is 0. The molecule has 3 aromatic rings. The number of para-hydroxylation sites is 1. The summed E-state index contributed by atoms with van der Waals surface area (Å²) in [5.41, 5.74) is 8.56. The molecule has 0 fully saturated rings. The normalized spacial score (nSPS) is 12.9. The Labute approximate surface area is 116 Å². The van der Waals surface area contributed by atoms with Crippen molar-refractivity contribution in [3.8, 4) is 0 Å². The molecule has 98 valence electrons. The Morgan fingerprint density at radius 2 is 2.11 bits per heavy atom. The molecule has 0 aliphatic heterocycles. The molecule has 1 atom stereocenters. The molecule has 3 nitrogen and oxygen atoms in total. The second kappa shape index (κ2) is 5.15. The van der Waals surface area contributed by atoms with Crippen LogP contribution in [0, 0.1) is 0 Å². The number of hydrogen-bond donors (Lipinski definition) is 1. The van der Waals surface area contributed by atoms with Gasteiger partial charge >= 0.3 is 0 Å². The van der Waals surface area contributed by atoms with Gasteiger partial charge < -0.3 is 5.73 Å². The highest BCUT2D eigenvalue weighted by Crippen LogP contribution is 2.25. The summed E-state index contributed by atoms with van der Waals surface area (Å²) >= 11 is 1.71. The van der Waals surface area contributed by atoms with E-state index in [2.05, 4.69) is 42.6 Å². The van der Waals surface area contributed by atoms with Crippen molar-refractivity contribution in [2.24, 2.45) is 5.73 Å². The van der Waals surface area contributed by atoms with Crippen molar-refractivity contribution in [3.63, 3.8) is 0 Å². The van der Waals surface area contributed by atoms with Gasteiger partial charge in [0.05, 0.1) is 11.2 Å². The topological polar surface area (TPSA) is 43.8 Å². The third kappa shape index (κ3) is 2.29. The van der Waals surface area contributed by atoms with Crippen molar-refractivity contribution in [3.05, 3.63) is 52.3 Å². The maximum atomic E-state index is 6.27. The third-order valence-corrected chi connectivity index (χ3v) is 4.36. The van der Waals surface area contributed by atoms with Crippen LogP contribution in [0.25, 0.3) is 10.9 Å². The van der Waals surface area contributed by atoms with E-state index in [1.165, 1.54) is 15.8 Å². The van der Waals surface area contributed by atoms with E-state index >= 15 is 0 Å². The highest BCUT2D eigenvalue weighted by atomic mass is 32.1. The number of rotatable bonds is 4. The number of nitrogens with zero attached hydrogens (tertiary/aromatic N) is 2. The molecule has 0 spiro atoms. The fraction of sp³-hybridized carbons (Fsp3) is 0.267. The molecular weight excluding hydrogens is 254 g/mol. The van der Waals surface area contributed by atoms with Gasteiger partial charge in [-0.1, -0.05) is 24.3 Å². The van der Waals surface area contributed by atoms with Crippen LogP contribution in [0.15, 0.2) is 41.8 Å². The first-order valence-electron chi connectivity index (χ1n) is 6.53. The molecule has 0 bridgehead atoms. The van der Waals surface area contributed by atoms with Crippen LogP contribution in [-0.4, -0.2) is 9.78 Å². The number of aryl methyl sites for hydroxylation is 1. The van der Waals surface area contributed by atoms with E-state index in [0.29, 0.717) is 0 Å². The van der Waals surface area contributed by atoms with Crippen molar-refractivity contribution < 1.29 is 0 Å². The zero-order valence-electron chi connectivity index (χ0n) is 10.9. The Kier molecular flexibility index (Phi) is 3.36. The zero-order valence-corrected chi connectivity index (χ0v) is 11.7. The number of fused-ring (bicyclic) bond motifs is 1. The number of hydrogen-bond acceptors (Lipinski definition) is 3. The van der Waals surface area contributed by atoms with Gasteiger partial charge in [0, 0.05) is 29.3 Å². The Balaban J connectivity index is 1.97. The van der Waals surface area contributed by atoms with E-state index in [0.717, 1.165) is 18.7 Å². The average molecular weight is 271 g/mol. The lowest BCUT2D eigenvalue weighted by molar-refractivity contribution is 0.645. The van der Waals surface area contributed by atoms with Crippen LogP contribution in [0.5, 0.6) is 0 Å². The van der Waals surface area contributed by atoms with Crippen molar-refractivity contribution in [1.82, 2.24) is 9.78 Å². The quantitative estimate of drug-likeness (QED) is 0.790. The molecule has 1 aromatic carbocycles. The van der Waals surface area contributed by atoms with Crippen molar-refractivity contribution in [2.45, 2.75) is 25.9 Å². The minimum atomic E-state index is 0.0311. The maximum absolute atomic E-state index is 6.27. The van der Waals surface area contributed by atoms with Crippen LogP contribution >= 0.6 is 11.3 Å². The van der Waals surface area contributed by atoms with Gasteiger partial charge in [0.2, 0.25) is 0 Å². The lowest BCUT2D eigenvalue weighted by atomic mass is 10.1. The number of nitrogens with two attached hydrogens (primary N) is 1. The highest BCUT2D eigenvalue weighted by Gasteiger charge is 2.14. The van der Waals surface area contributed by atoms with Gasteiger partial charge in [-0.3, -0.25) is 4.68 Å². The van der Waals surface area contributed by atoms with Crippen LogP contribution in [0.4, 0.5) is 0 Å². The van der Waals surface area contributed by atoms with E-state index in [-0.39, 0.29) is 6.04 Å². The Hall–Kier alpha value is -1.65. The van der Waals surface area contributed by atoms with Crippen molar-refractivity contribution in [2.75, 3.05) is 0 Å². The first-order valence-corrected chi connectivity index (χ1v) is 7.41. The molecule has 1 unspecified atom stereocenters. The van der Waals surface area contributed by atoms with E-state index in [4.69, 9.17) is 10.8 Å². The van der Waals surface area contributed by atoms with Gasteiger partial charge in [0.25, 0.3) is 0 Å². The summed E-state index contributed by atoms with van der Waals surface area (Å²) in [6.45, 7) is 3.00. The summed E-state index contributed by atoms with van der Waals surface area (Å²) in [4.78, 5) is 1.22. The molecular formula is C15H17N3S. The zero-order chi connectivity index (χ0) is 13.2. The molecule has 2 N–H and O–H groups in total. The highest BCUT2D eigenvalue weighted by molar-refractivity contribution is 7.10. The lowest BCUT2D eigenvalue weighted by Gasteiger charge is -2.07. The molecule has 2 aromatic heterocycles. The van der Waals surface area contributed by atoms with Crippen LogP contribution in [0.1, 0.15) is 23.5 Å². The van der Waals surface area contributed by atoms with E-state index in [9.17, 15) is 0 Å². The SMILES string of the molecule is CCn1nc(CC(N)c2cccs2)c2ccccc21. The van der Waals surface area contributed by atoms with Gasteiger partial charge in [-0.05, 0) is 24.4 Å². The molecule has 2 heterocycles. The number of benzene rings is 1. The Morgan fingerprint density at radius 3 is 2.84 bits per heavy atom. The van der Waals surface area contributed by atoms with Gasteiger partial charge in [0.1, 0.15) is 0 Å². The van der Waals surface area contributed by atoms with Crippen molar-refractivity contribution in [1.29, 1.82) is 0 Å². The first kappa shape index (κ1) is 12.4. The molecule has 0 aliphatic rings. The molecule has 3 rings (SSSR count). The minimum Gasteiger partial charge on any atom is -0.323 e. The van der Waals surface area contributed by atoms with Gasteiger partial charge in [0.15, 0.2) is 0 Å². The molecule has 0 amide bonds. The first-order chi connectivity index (χ1) is 9.29. The molecule has 0 saturated heterocycles. The summed E-state index contributed by atoms with van der Waals surface area (Å²) in [6, 6.07) is 12.5. The second-order valence-corrected chi connectivity index (χ2v) is 5.58. The smallest absolute Gasteiger partial charge is 0.0722 e. The standard InChI is InChI=1S/C15H17N3S/c1-2-18-14-7-4-3-6-11(14)13(17-18)10-12(16)15-8-5-9-19-15/h3-9,12H,2,10,16H2,1H3. The predicted octanol–water partition coefficient (Wildman–Crippen LogP) is 3.36. The minimum absolute atomic E-state index is 0.0311. The molecule has 19 heavy (non-hydrogen) atoms. The average Bonchev–Trinajstić information content (AvgIpc) is 3.07.